The van der Waals surface area contributed by atoms with Crippen molar-refractivity contribution in [1.29, 1.82) is 0 Å². The van der Waals surface area contributed by atoms with Gasteiger partial charge in [0.1, 0.15) is 13.5 Å². The first-order valence-corrected chi connectivity index (χ1v) is 14.1. The van der Waals surface area contributed by atoms with Gasteiger partial charge in [-0.15, -0.1) is 0 Å². The van der Waals surface area contributed by atoms with Crippen molar-refractivity contribution in [2.24, 2.45) is 5.41 Å². The van der Waals surface area contributed by atoms with E-state index < -0.39 is 10.0 Å². The molecule has 2 radical (unpaired) electrons. The predicted molar refractivity (Wildman–Crippen MR) is 146 cm³/mol. The smallest absolute Gasteiger partial charge is 0.316 e. The van der Waals surface area contributed by atoms with Crippen LogP contribution >= 0.6 is 0 Å². The van der Waals surface area contributed by atoms with E-state index in [-0.39, 0.29) is 22.5 Å². The Morgan fingerprint density at radius 3 is 2.41 bits per heavy atom. The standard InChI is InChI=1S/C27H31BN4O4S/c1-20-4-3-5-23(16-20)32-26(33)25(36-19-27(2)10-11-27)24(17-29-32)30-12-14-31(15-13-30)37(34,35)18-21-6-8-22(28)9-7-21/h3-9,16-17H,10-15,18-19H2,1-2H3. The Kier molecular flexibility index (Phi) is 6.89. The molecule has 37 heavy (non-hydrogen) atoms. The molecule has 0 bridgehead atoms. The summed E-state index contributed by atoms with van der Waals surface area (Å²) in [7, 11) is 2.23. The molecule has 2 aromatic carbocycles. The molecule has 0 amide bonds. The lowest BCUT2D eigenvalue weighted by atomic mass is 9.96. The van der Waals surface area contributed by atoms with Gasteiger partial charge in [-0.2, -0.15) is 14.1 Å². The highest BCUT2D eigenvalue weighted by Gasteiger charge is 2.39. The number of aromatic nitrogens is 2. The van der Waals surface area contributed by atoms with E-state index >= 15 is 0 Å². The number of nitrogens with zero attached hydrogens (tertiary/aromatic N) is 4. The largest absolute Gasteiger partial charge is 0.486 e. The maximum Gasteiger partial charge on any atom is 0.316 e. The van der Waals surface area contributed by atoms with Crippen LogP contribution in [-0.4, -0.2) is 63.1 Å². The number of rotatable bonds is 8. The van der Waals surface area contributed by atoms with E-state index in [4.69, 9.17) is 12.6 Å². The first kappa shape index (κ1) is 25.5. The molecule has 5 rings (SSSR count). The minimum atomic E-state index is -3.49. The molecule has 2 aliphatic rings. The maximum atomic E-state index is 13.6. The molecule has 1 aliphatic heterocycles. The van der Waals surface area contributed by atoms with E-state index in [1.165, 1.54) is 8.99 Å². The number of aryl methyl sites for hydroxylation is 1. The molecule has 0 N–H and O–H groups in total. The first-order valence-electron chi connectivity index (χ1n) is 12.5. The second-order valence-electron chi connectivity index (χ2n) is 10.4. The third kappa shape index (κ3) is 5.75. The fourth-order valence-corrected chi connectivity index (χ4v) is 5.98. The van der Waals surface area contributed by atoms with Gasteiger partial charge in [0.05, 0.1) is 24.2 Å². The molecule has 1 aliphatic carbocycles. The van der Waals surface area contributed by atoms with Crippen LogP contribution in [-0.2, 0) is 15.8 Å². The Labute approximate surface area is 219 Å². The Morgan fingerprint density at radius 1 is 1.05 bits per heavy atom. The van der Waals surface area contributed by atoms with Gasteiger partial charge >= 0.3 is 5.56 Å². The fourth-order valence-electron chi connectivity index (χ4n) is 4.46. The van der Waals surface area contributed by atoms with Gasteiger partial charge in [-0.25, -0.2) is 8.42 Å². The summed E-state index contributed by atoms with van der Waals surface area (Å²) in [4.78, 5) is 15.6. The van der Waals surface area contributed by atoms with Gasteiger partial charge in [-0.1, -0.05) is 48.8 Å². The molecular formula is C27H31BN4O4S. The number of sulfonamides is 1. The van der Waals surface area contributed by atoms with Crippen LogP contribution in [0.15, 0.2) is 59.5 Å². The third-order valence-electron chi connectivity index (χ3n) is 7.13. The monoisotopic (exact) mass is 518 g/mol. The van der Waals surface area contributed by atoms with E-state index in [9.17, 15) is 13.2 Å². The van der Waals surface area contributed by atoms with E-state index in [0.717, 1.165) is 18.4 Å². The molecule has 0 unspecified atom stereocenters. The van der Waals surface area contributed by atoms with Crippen LogP contribution in [0.5, 0.6) is 5.75 Å². The first-order chi connectivity index (χ1) is 17.6. The highest BCUT2D eigenvalue weighted by Crippen LogP contribution is 2.45. The van der Waals surface area contributed by atoms with E-state index in [1.807, 2.05) is 36.1 Å². The number of hydrogen-bond donors (Lipinski definition) is 0. The summed E-state index contributed by atoms with van der Waals surface area (Å²) in [5.74, 6) is 0.191. The summed E-state index contributed by atoms with van der Waals surface area (Å²) < 4.78 is 35.1. The highest BCUT2D eigenvalue weighted by molar-refractivity contribution is 7.88. The second-order valence-corrected chi connectivity index (χ2v) is 12.4. The van der Waals surface area contributed by atoms with Crippen molar-refractivity contribution in [3.05, 3.63) is 76.2 Å². The van der Waals surface area contributed by atoms with Crippen LogP contribution in [0.1, 0.15) is 30.9 Å². The second kappa shape index (κ2) is 9.98. The maximum absolute atomic E-state index is 13.6. The molecule has 192 valence electrons. The minimum Gasteiger partial charge on any atom is -0.486 e. The third-order valence-corrected chi connectivity index (χ3v) is 8.98. The molecule has 0 spiro atoms. The molecule has 1 saturated heterocycles. The Bertz CT molecular complexity index is 1440. The SMILES string of the molecule is [B]c1ccc(CS(=O)(=O)N2CCN(c3cnn(-c4cccc(C)c4)c(=O)c3OCC3(C)CC3)CC2)cc1. The summed E-state index contributed by atoms with van der Waals surface area (Å²) in [6.07, 6.45) is 3.81. The van der Waals surface area contributed by atoms with E-state index in [1.54, 1.807) is 30.5 Å². The molecule has 2 heterocycles. The van der Waals surface area contributed by atoms with E-state index in [0.29, 0.717) is 55.2 Å². The summed E-state index contributed by atoms with van der Waals surface area (Å²) in [5.41, 5.74) is 3.39. The summed E-state index contributed by atoms with van der Waals surface area (Å²) in [6.45, 7) is 6.08. The average molecular weight is 518 g/mol. The molecule has 0 atom stereocenters. The zero-order chi connectivity index (χ0) is 26.2. The van der Waals surface area contributed by atoms with Crippen LogP contribution in [0, 0.1) is 12.3 Å². The summed E-state index contributed by atoms with van der Waals surface area (Å²) >= 11 is 0. The number of benzene rings is 2. The minimum absolute atomic E-state index is 0.0751. The lowest BCUT2D eigenvalue weighted by molar-refractivity contribution is 0.242. The van der Waals surface area contributed by atoms with Crippen LogP contribution in [0.4, 0.5) is 5.69 Å². The van der Waals surface area contributed by atoms with Crippen LogP contribution in [0.2, 0.25) is 0 Å². The molecule has 10 heteroatoms. The molecular weight excluding hydrogens is 487 g/mol. The van der Waals surface area contributed by atoms with Crippen molar-refractivity contribution in [2.75, 3.05) is 37.7 Å². The van der Waals surface area contributed by atoms with Crippen molar-refractivity contribution in [3.63, 3.8) is 0 Å². The zero-order valence-corrected chi connectivity index (χ0v) is 22.1. The number of hydrogen-bond acceptors (Lipinski definition) is 6. The molecule has 2 fully saturated rings. The lowest BCUT2D eigenvalue weighted by Crippen LogP contribution is -2.49. The molecule has 1 aromatic heterocycles. The summed E-state index contributed by atoms with van der Waals surface area (Å²) in [5, 5.41) is 4.46. The van der Waals surface area contributed by atoms with Gasteiger partial charge in [0.25, 0.3) is 0 Å². The Hall–Kier alpha value is -3.11. The van der Waals surface area contributed by atoms with E-state index in [2.05, 4.69) is 12.0 Å². The Balaban J connectivity index is 1.36. The highest BCUT2D eigenvalue weighted by atomic mass is 32.2. The average Bonchev–Trinajstić information content (AvgIpc) is 3.61. The molecule has 1 saturated carbocycles. The quantitative estimate of drug-likeness (QED) is 0.425. The normalized spacial score (nSPS) is 17.5. The Morgan fingerprint density at radius 2 is 1.76 bits per heavy atom. The van der Waals surface area contributed by atoms with Crippen molar-refractivity contribution < 1.29 is 13.2 Å². The fraction of sp³-hybridized carbons (Fsp3) is 0.407. The van der Waals surface area contributed by atoms with Crippen LogP contribution in [0.3, 0.4) is 0 Å². The molecule has 8 nitrogen and oxygen atoms in total. The van der Waals surface area contributed by atoms with Crippen molar-refractivity contribution in [1.82, 2.24) is 14.1 Å². The van der Waals surface area contributed by atoms with Gasteiger partial charge in [0.2, 0.25) is 15.8 Å². The summed E-state index contributed by atoms with van der Waals surface area (Å²) in [6, 6.07) is 14.5. The lowest BCUT2D eigenvalue weighted by Gasteiger charge is -2.35. The topological polar surface area (TPSA) is 84.7 Å². The van der Waals surface area contributed by atoms with Gasteiger partial charge in [-0.05, 0) is 43.0 Å². The molecule has 3 aromatic rings. The number of piperazine rings is 1. The number of anilines is 1. The van der Waals surface area contributed by atoms with Crippen molar-refractivity contribution in [3.8, 4) is 11.4 Å². The van der Waals surface area contributed by atoms with Gasteiger partial charge in [0.15, 0.2) is 0 Å². The van der Waals surface area contributed by atoms with Gasteiger partial charge < -0.3 is 9.64 Å². The number of ether oxygens (including phenoxy) is 1. The van der Waals surface area contributed by atoms with Crippen LogP contribution < -0.4 is 20.7 Å². The van der Waals surface area contributed by atoms with Gasteiger partial charge in [-0.3, -0.25) is 4.79 Å². The van der Waals surface area contributed by atoms with Crippen molar-refractivity contribution in [2.45, 2.75) is 32.4 Å². The predicted octanol–water partition coefficient (Wildman–Crippen LogP) is 2.17. The van der Waals surface area contributed by atoms with Crippen LogP contribution in [0.25, 0.3) is 5.69 Å². The van der Waals surface area contributed by atoms with Gasteiger partial charge in [0, 0.05) is 31.6 Å². The zero-order valence-electron chi connectivity index (χ0n) is 21.3. The van der Waals surface area contributed by atoms with Crippen molar-refractivity contribution >= 4 is 29.0 Å².